The van der Waals surface area contributed by atoms with Crippen LogP contribution in [0.1, 0.15) is 95.2 Å². The van der Waals surface area contributed by atoms with E-state index < -0.39 is 0 Å². The predicted octanol–water partition coefficient (Wildman–Crippen LogP) is 6.72. The Kier molecular flexibility index (Phi) is 10.5. The number of hydrogen-bond acceptors (Lipinski definition) is 3. The van der Waals surface area contributed by atoms with Gasteiger partial charge in [0.1, 0.15) is 5.52 Å². The smallest absolute Gasteiger partial charge is 0.248 e. The molecule has 27 heavy (non-hydrogen) atoms. The maximum Gasteiger partial charge on any atom is 0.248 e. The van der Waals surface area contributed by atoms with Gasteiger partial charge >= 0.3 is 0 Å². The van der Waals surface area contributed by atoms with E-state index in [1.54, 1.807) is 0 Å². The van der Waals surface area contributed by atoms with Crippen molar-refractivity contribution in [2.45, 2.75) is 90.4 Å². The molecule has 1 aromatic heterocycles. The number of para-hydroxylation sites is 1. The second-order valence-electron chi connectivity index (χ2n) is 7.36. The fourth-order valence-corrected chi connectivity index (χ4v) is 3.32. The average molecular weight is 370 g/mol. The molecule has 0 aliphatic carbocycles. The van der Waals surface area contributed by atoms with E-state index >= 15 is 0 Å². The van der Waals surface area contributed by atoms with Crippen LogP contribution in [0.2, 0.25) is 0 Å². The second-order valence-corrected chi connectivity index (χ2v) is 7.36. The first kappa shape index (κ1) is 21.3. The van der Waals surface area contributed by atoms with Crippen molar-refractivity contribution in [3.05, 3.63) is 36.4 Å². The standard InChI is InChI=1S/C23H35N3O/c1-2-3-4-5-6-7-8-9-10-11-12-13-14-15-20-23(27)26-22-19-17-16-18-21(22)24-25-26/h5-6,16-19H,2-4,7-15,20H2,1H3/b6-5+. The Morgan fingerprint density at radius 1 is 0.889 bits per heavy atom. The van der Waals surface area contributed by atoms with Crippen LogP contribution in [0.25, 0.3) is 11.0 Å². The van der Waals surface area contributed by atoms with Crippen molar-refractivity contribution in [1.29, 1.82) is 0 Å². The van der Waals surface area contributed by atoms with E-state index in [1.807, 2.05) is 24.3 Å². The molecule has 148 valence electrons. The van der Waals surface area contributed by atoms with Gasteiger partial charge in [-0.2, -0.15) is 4.68 Å². The van der Waals surface area contributed by atoms with Gasteiger partial charge in [0.2, 0.25) is 5.91 Å². The summed E-state index contributed by atoms with van der Waals surface area (Å²) in [6, 6.07) is 7.61. The Morgan fingerprint density at radius 3 is 2.26 bits per heavy atom. The molecule has 0 aliphatic heterocycles. The molecule has 0 N–H and O–H groups in total. The average Bonchev–Trinajstić information content (AvgIpc) is 3.12. The number of benzene rings is 1. The van der Waals surface area contributed by atoms with Crippen LogP contribution < -0.4 is 0 Å². The molecule has 2 aromatic rings. The second kappa shape index (κ2) is 13.2. The minimum absolute atomic E-state index is 0.0516. The number of hydrogen-bond donors (Lipinski definition) is 0. The first-order chi connectivity index (χ1) is 13.3. The summed E-state index contributed by atoms with van der Waals surface area (Å²) in [5.41, 5.74) is 1.59. The molecule has 0 bridgehead atoms. The van der Waals surface area contributed by atoms with E-state index in [0.717, 1.165) is 23.9 Å². The fraction of sp³-hybridized carbons (Fsp3) is 0.609. The molecule has 0 spiro atoms. The summed E-state index contributed by atoms with van der Waals surface area (Å²) in [5, 5.41) is 8.04. The Bertz CT molecular complexity index is 690. The van der Waals surface area contributed by atoms with Gasteiger partial charge < -0.3 is 0 Å². The molecule has 4 heteroatoms. The maximum absolute atomic E-state index is 12.3. The lowest BCUT2D eigenvalue weighted by atomic mass is 10.1. The number of allylic oxidation sites excluding steroid dienone is 2. The van der Waals surface area contributed by atoms with E-state index in [2.05, 4.69) is 29.4 Å². The Labute approximate surface area is 164 Å². The third kappa shape index (κ3) is 8.06. The lowest BCUT2D eigenvalue weighted by molar-refractivity contribution is 0.0886. The number of carbonyl (C=O) groups is 1. The number of rotatable bonds is 14. The van der Waals surface area contributed by atoms with E-state index in [1.165, 1.54) is 68.9 Å². The van der Waals surface area contributed by atoms with Crippen molar-refractivity contribution in [3.63, 3.8) is 0 Å². The number of fused-ring (bicyclic) bond motifs is 1. The van der Waals surface area contributed by atoms with Gasteiger partial charge in [-0.1, -0.05) is 87.8 Å². The molecule has 1 heterocycles. The van der Waals surface area contributed by atoms with Gasteiger partial charge in [0.15, 0.2) is 0 Å². The van der Waals surface area contributed by atoms with Crippen LogP contribution >= 0.6 is 0 Å². The van der Waals surface area contributed by atoms with Crippen LogP contribution in [0, 0.1) is 0 Å². The van der Waals surface area contributed by atoms with Crippen molar-refractivity contribution in [3.8, 4) is 0 Å². The predicted molar refractivity (Wildman–Crippen MR) is 113 cm³/mol. The van der Waals surface area contributed by atoms with Gasteiger partial charge in [-0.25, -0.2) is 0 Å². The van der Waals surface area contributed by atoms with Crippen molar-refractivity contribution in [1.82, 2.24) is 15.0 Å². The number of unbranched alkanes of at least 4 members (excludes halogenated alkanes) is 10. The quantitative estimate of drug-likeness (QED) is 0.274. The lowest BCUT2D eigenvalue weighted by Crippen LogP contribution is -2.12. The van der Waals surface area contributed by atoms with E-state index in [-0.39, 0.29) is 5.91 Å². The van der Waals surface area contributed by atoms with Gasteiger partial charge in [0.05, 0.1) is 5.52 Å². The number of nitrogens with zero attached hydrogens (tertiary/aromatic N) is 3. The van der Waals surface area contributed by atoms with E-state index in [4.69, 9.17) is 0 Å². The zero-order valence-electron chi connectivity index (χ0n) is 16.9. The molecule has 2 rings (SSSR count). The molecule has 0 saturated heterocycles. The highest BCUT2D eigenvalue weighted by Gasteiger charge is 2.10. The highest BCUT2D eigenvalue weighted by atomic mass is 16.2. The largest absolute Gasteiger partial charge is 0.273 e. The molecule has 0 fully saturated rings. The summed E-state index contributed by atoms with van der Waals surface area (Å²) in [6.45, 7) is 2.24. The molecule has 4 nitrogen and oxygen atoms in total. The van der Waals surface area contributed by atoms with Crippen molar-refractivity contribution in [2.75, 3.05) is 0 Å². The van der Waals surface area contributed by atoms with Gasteiger partial charge in [-0.3, -0.25) is 4.79 Å². The van der Waals surface area contributed by atoms with Gasteiger partial charge in [-0.15, -0.1) is 5.10 Å². The number of aromatic nitrogens is 3. The summed E-state index contributed by atoms with van der Waals surface area (Å²) in [5.74, 6) is 0.0516. The van der Waals surface area contributed by atoms with Gasteiger partial charge in [-0.05, 0) is 37.8 Å². The van der Waals surface area contributed by atoms with E-state index in [9.17, 15) is 4.79 Å². The maximum atomic E-state index is 12.3. The first-order valence-corrected chi connectivity index (χ1v) is 10.8. The van der Waals surface area contributed by atoms with Crippen LogP contribution in [0.15, 0.2) is 36.4 Å². The third-order valence-electron chi connectivity index (χ3n) is 4.99. The molecule has 0 radical (unpaired) electrons. The molecular formula is C23H35N3O. The summed E-state index contributed by atoms with van der Waals surface area (Å²) < 4.78 is 1.45. The molecule has 0 atom stereocenters. The van der Waals surface area contributed by atoms with Crippen LogP contribution in [0.3, 0.4) is 0 Å². The molecule has 0 aliphatic rings. The third-order valence-corrected chi connectivity index (χ3v) is 4.99. The van der Waals surface area contributed by atoms with Crippen LogP contribution in [0.5, 0.6) is 0 Å². The molecular weight excluding hydrogens is 334 g/mol. The molecule has 0 saturated carbocycles. The van der Waals surface area contributed by atoms with Gasteiger partial charge in [0, 0.05) is 6.42 Å². The highest BCUT2D eigenvalue weighted by Crippen LogP contribution is 2.13. The summed E-state index contributed by atoms with van der Waals surface area (Å²) in [4.78, 5) is 12.3. The lowest BCUT2D eigenvalue weighted by Gasteiger charge is -2.03. The zero-order valence-corrected chi connectivity index (χ0v) is 16.9. The minimum atomic E-state index is 0.0516. The van der Waals surface area contributed by atoms with Crippen LogP contribution in [0.4, 0.5) is 0 Å². The SMILES string of the molecule is CCCC/C=C/CCCCCCCCCCC(=O)n1nnc2ccccc21. The normalized spacial score (nSPS) is 11.6. The van der Waals surface area contributed by atoms with Crippen LogP contribution in [-0.4, -0.2) is 20.9 Å². The minimum Gasteiger partial charge on any atom is -0.273 e. The first-order valence-electron chi connectivity index (χ1n) is 10.8. The van der Waals surface area contributed by atoms with E-state index in [0.29, 0.717) is 6.42 Å². The summed E-state index contributed by atoms with van der Waals surface area (Å²) in [6.07, 6.45) is 20.2. The Morgan fingerprint density at radius 2 is 1.52 bits per heavy atom. The van der Waals surface area contributed by atoms with Crippen molar-refractivity contribution in [2.24, 2.45) is 0 Å². The fourth-order valence-electron chi connectivity index (χ4n) is 3.32. The summed E-state index contributed by atoms with van der Waals surface area (Å²) >= 11 is 0. The van der Waals surface area contributed by atoms with Gasteiger partial charge in [0.25, 0.3) is 0 Å². The van der Waals surface area contributed by atoms with Crippen molar-refractivity contribution < 1.29 is 4.79 Å². The van der Waals surface area contributed by atoms with Crippen molar-refractivity contribution >= 4 is 16.9 Å². The molecule has 1 aromatic carbocycles. The van der Waals surface area contributed by atoms with Crippen LogP contribution in [-0.2, 0) is 0 Å². The highest BCUT2D eigenvalue weighted by molar-refractivity contribution is 5.88. The Hall–Kier alpha value is -1.97. The number of carbonyl (C=O) groups excluding carboxylic acids is 1. The zero-order chi connectivity index (χ0) is 19.2. The topological polar surface area (TPSA) is 47.8 Å². The molecule has 0 unspecified atom stereocenters. The molecule has 0 amide bonds. The monoisotopic (exact) mass is 369 g/mol. The Balaban J connectivity index is 1.45. The summed E-state index contributed by atoms with van der Waals surface area (Å²) in [7, 11) is 0.